The van der Waals surface area contributed by atoms with Gasteiger partial charge in [-0.05, 0) is 31.2 Å². The lowest BCUT2D eigenvalue weighted by molar-refractivity contribution is 0.0956. The van der Waals surface area contributed by atoms with Crippen molar-refractivity contribution in [3.8, 4) is 5.75 Å². The first-order valence-corrected chi connectivity index (χ1v) is 6.05. The molecule has 2 aromatic carbocycles. The van der Waals surface area contributed by atoms with Crippen molar-refractivity contribution in [3.05, 3.63) is 59.2 Å². The monoisotopic (exact) mass is 269 g/mol. The van der Waals surface area contributed by atoms with Crippen LogP contribution in [0.2, 0.25) is 0 Å². The predicted octanol–water partition coefficient (Wildman–Crippen LogP) is 2.05. The molecule has 2 rings (SSSR count). The molecule has 102 valence electrons. The van der Waals surface area contributed by atoms with E-state index in [2.05, 4.69) is 10.5 Å². The maximum Gasteiger partial charge on any atom is 0.273 e. The number of anilines is 1. The molecule has 0 spiro atoms. The number of aryl methyl sites for hydroxylation is 1. The van der Waals surface area contributed by atoms with E-state index in [1.807, 2.05) is 6.92 Å². The molecule has 4 N–H and O–H groups in total. The largest absolute Gasteiger partial charge is 0.507 e. The quantitative estimate of drug-likeness (QED) is 0.452. The summed E-state index contributed by atoms with van der Waals surface area (Å²) >= 11 is 0. The molecule has 20 heavy (non-hydrogen) atoms. The summed E-state index contributed by atoms with van der Waals surface area (Å²) in [4.78, 5) is 11.8. The fraction of sp³-hybridized carbons (Fsp3) is 0.0667. The van der Waals surface area contributed by atoms with Gasteiger partial charge in [0.05, 0.1) is 11.8 Å². The molecule has 0 radical (unpaired) electrons. The lowest BCUT2D eigenvalue weighted by atomic mass is 10.1. The van der Waals surface area contributed by atoms with Gasteiger partial charge in [0.2, 0.25) is 0 Å². The van der Waals surface area contributed by atoms with Crippen molar-refractivity contribution in [3.63, 3.8) is 0 Å². The summed E-state index contributed by atoms with van der Waals surface area (Å²) in [5, 5.41) is 13.5. The molecular weight excluding hydrogens is 254 g/mol. The van der Waals surface area contributed by atoms with E-state index >= 15 is 0 Å². The highest BCUT2D eigenvalue weighted by molar-refractivity contribution is 5.99. The van der Waals surface area contributed by atoms with Crippen LogP contribution in [0, 0.1) is 6.92 Å². The standard InChI is InChI=1S/C15H15N3O2/c1-10-6-7-14(19)11(8-10)9-17-18-15(20)12-4-2-3-5-13(12)16/h2-9,19H,16H2,1H3,(H,18,20). The van der Waals surface area contributed by atoms with Crippen molar-refractivity contribution in [2.45, 2.75) is 6.92 Å². The number of hydrogen-bond acceptors (Lipinski definition) is 4. The number of phenols is 1. The molecule has 0 aromatic heterocycles. The van der Waals surface area contributed by atoms with E-state index in [-0.39, 0.29) is 5.75 Å². The van der Waals surface area contributed by atoms with Gasteiger partial charge in [0.15, 0.2) is 0 Å². The third kappa shape index (κ3) is 3.14. The zero-order valence-corrected chi connectivity index (χ0v) is 11.0. The Kier molecular flexibility index (Phi) is 4.00. The number of nitrogens with two attached hydrogens (primary N) is 1. The van der Waals surface area contributed by atoms with Crippen LogP contribution >= 0.6 is 0 Å². The third-order valence-corrected chi connectivity index (χ3v) is 2.76. The second-order valence-corrected chi connectivity index (χ2v) is 4.35. The van der Waals surface area contributed by atoms with E-state index in [1.54, 1.807) is 42.5 Å². The van der Waals surface area contributed by atoms with Crippen LogP contribution in [0.1, 0.15) is 21.5 Å². The average Bonchev–Trinajstić information content (AvgIpc) is 2.43. The zero-order chi connectivity index (χ0) is 14.5. The van der Waals surface area contributed by atoms with Crippen LogP contribution in [0.25, 0.3) is 0 Å². The van der Waals surface area contributed by atoms with Gasteiger partial charge in [-0.25, -0.2) is 5.43 Å². The zero-order valence-electron chi connectivity index (χ0n) is 11.0. The molecule has 0 unspecified atom stereocenters. The number of rotatable bonds is 3. The number of hydrogen-bond donors (Lipinski definition) is 3. The molecular formula is C15H15N3O2. The molecule has 0 atom stereocenters. The number of nitrogen functional groups attached to an aromatic ring is 1. The average molecular weight is 269 g/mol. The molecule has 5 nitrogen and oxygen atoms in total. The highest BCUT2D eigenvalue weighted by Gasteiger charge is 2.07. The summed E-state index contributed by atoms with van der Waals surface area (Å²) in [5.74, 6) is -0.292. The molecule has 0 heterocycles. The van der Waals surface area contributed by atoms with Gasteiger partial charge in [-0.1, -0.05) is 23.8 Å². The predicted molar refractivity (Wildman–Crippen MR) is 78.8 cm³/mol. The summed E-state index contributed by atoms with van der Waals surface area (Å²) in [6.45, 7) is 1.90. The number of aromatic hydroxyl groups is 1. The molecule has 2 aromatic rings. The molecule has 0 saturated heterocycles. The minimum atomic E-state index is -0.397. The topological polar surface area (TPSA) is 87.7 Å². The first kappa shape index (κ1) is 13.6. The van der Waals surface area contributed by atoms with Crippen LogP contribution in [-0.2, 0) is 0 Å². The smallest absolute Gasteiger partial charge is 0.273 e. The van der Waals surface area contributed by atoms with E-state index in [0.717, 1.165) is 5.56 Å². The van der Waals surface area contributed by atoms with E-state index in [0.29, 0.717) is 16.8 Å². The highest BCUT2D eigenvalue weighted by atomic mass is 16.3. The highest BCUT2D eigenvalue weighted by Crippen LogP contribution is 2.15. The third-order valence-electron chi connectivity index (χ3n) is 2.76. The fourth-order valence-electron chi connectivity index (χ4n) is 1.70. The Morgan fingerprint density at radius 1 is 1.30 bits per heavy atom. The van der Waals surface area contributed by atoms with E-state index in [9.17, 15) is 9.90 Å². The lowest BCUT2D eigenvalue weighted by Crippen LogP contribution is -2.19. The van der Waals surface area contributed by atoms with Crippen molar-refractivity contribution >= 4 is 17.8 Å². The Morgan fingerprint density at radius 2 is 2.05 bits per heavy atom. The van der Waals surface area contributed by atoms with Gasteiger partial charge in [0, 0.05) is 11.3 Å². The number of benzene rings is 2. The molecule has 0 saturated carbocycles. The number of nitrogens with zero attached hydrogens (tertiary/aromatic N) is 1. The lowest BCUT2D eigenvalue weighted by Gasteiger charge is -2.03. The maximum absolute atomic E-state index is 11.8. The van der Waals surface area contributed by atoms with Crippen molar-refractivity contribution in [1.82, 2.24) is 5.43 Å². The van der Waals surface area contributed by atoms with E-state index < -0.39 is 5.91 Å². The summed E-state index contributed by atoms with van der Waals surface area (Å²) < 4.78 is 0. The number of hydrazone groups is 1. The number of nitrogens with one attached hydrogen (secondary N) is 1. The molecule has 0 bridgehead atoms. The maximum atomic E-state index is 11.8. The normalized spacial score (nSPS) is 10.7. The second kappa shape index (κ2) is 5.88. The number of phenolic OH excluding ortho intramolecular Hbond substituents is 1. The Morgan fingerprint density at radius 3 is 2.80 bits per heavy atom. The first-order chi connectivity index (χ1) is 9.58. The van der Waals surface area contributed by atoms with Crippen LogP contribution in [0.15, 0.2) is 47.6 Å². The number of carbonyl (C=O) groups is 1. The Bertz CT molecular complexity index is 666. The van der Waals surface area contributed by atoms with Gasteiger partial charge in [-0.3, -0.25) is 4.79 Å². The van der Waals surface area contributed by atoms with Crippen molar-refractivity contribution in [2.24, 2.45) is 5.10 Å². The summed E-state index contributed by atoms with van der Waals surface area (Å²) in [6, 6.07) is 11.9. The van der Waals surface area contributed by atoms with E-state index in [1.165, 1.54) is 6.21 Å². The van der Waals surface area contributed by atoms with Crippen LogP contribution in [0.4, 0.5) is 5.69 Å². The number of amides is 1. The molecule has 5 heteroatoms. The van der Waals surface area contributed by atoms with Crippen LogP contribution in [0.5, 0.6) is 5.75 Å². The van der Waals surface area contributed by atoms with Gasteiger partial charge in [0.25, 0.3) is 5.91 Å². The number of carbonyl (C=O) groups excluding carboxylic acids is 1. The summed E-state index contributed by atoms with van der Waals surface area (Å²) in [6.07, 6.45) is 1.39. The van der Waals surface area contributed by atoms with Gasteiger partial charge < -0.3 is 10.8 Å². The first-order valence-electron chi connectivity index (χ1n) is 6.05. The van der Waals surface area contributed by atoms with E-state index in [4.69, 9.17) is 5.73 Å². The van der Waals surface area contributed by atoms with Crippen LogP contribution < -0.4 is 11.2 Å². The van der Waals surface area contributed by atoms with Gasteiger partial charge >= 0.3 is 0 Å². The molecule has 0 aliphatic heterocycles. The summed E-state index contributed by atoms with van der Waals surface area (Å²) in [5.41, 5.74) is 10.3. The fourth-order valence-corrected chi connectivity index (χ4v) is 1.70. The van der Waals surface area contributed by atoms with Crippen LogP contribution in [-0.4, -0.2) is 17.2 Å². The van der Waals surface area contributed by atoms with Gasteiger partial charge in [-0.2, -0.15) is 5.10 Å². The summed E-state index contributed by atoms with van der Waals surface area (Å²) in [7, 11) is 0. The molecule has 0 aliphatic carbocycles. The minimum absolute atomic E-state index is 0.104. The van der Waals surface area contributed by atoms with Crippen molar-refractivity contribution in [1.29, 1.82) is 0 Å². The Balaban J connectivity index is 2.09. The molecule has 0 aliphatic rings. The minimum Gasteiger partial charge on any atom is -0.507 e. The molecule has 0 fully saturated rings. The second-order valence-electron chi connectivity index (χ2n) is 4.35. The number of para-hydroxylation sites is 1. The van der Waals surface area contributed by atoms with Gasteiger partial charge in [0.1, 0.15) is 5.75 Å². The van der Waals surface area contributed by atoms with Crippen molar-refractivity contribution in [2.75, 3.05) is 5.73 Å². The Hall–Kier alpha value is -2.82. The van der Waals surface area contributed by atoms with Gasteiger partial charge in [-0.15, -0.1) is 0 Å². The SMILES string of the molecule is Cc1ccc(O)c(C=NNC(=O)c2ccccc2N)c1. The van der Waals surface area contributed by atoms with Crippen molar-refractivity contribution < 1.29 is 9.90 Å². The van der Waals surface area contributed by atoms with Crippen LogP contribution in [0.3, 0.4) is 0 Å². The molecule has 1 amide bonds. The Labute approximate surface area is 116 Å².